The maximum atomic E-state index is 12.8. The van der Waals surface area contributed by atoms with E-state index in [2.05, 4.69) is 5.32 Å². The molecule has 1 aromatic carbocycles. The summed E-state index contributed by atoms with van der Waals surface area (Å²) in [5.74, 6) is 1.62. The summed E-state index contributed by atoms with van der Waals surface area (Å²) in [5.41, 5.74) is 2.45. The predicted octanol–water partition coefficient (Wildman–Crippen LogP) is 1.43. The van der Waals surface area contributed by atoms with Crippen molar-refractivity contribution in [1.29, 1.82) is 0 Å². The van der Waals surface area contributed by atoms with Gasteiger partial charge in [0.05, 0.1) is 26.9 Å². The molecule has 1 saturated heterocycles. The average Bonchev–Trinajstić information content (AvgIpc) is 2.82. The number of halogens is 1. The third kappa shape index (κ3) is 4.19. The summed E-state index contributed by atoms with van der Waals surface area (Å²) in [4.78, 5) is 14.8. The summed E-state index contributed by atoms with van der Waals surface area (Å²) in [6, 6.07) is 3.82. The number of methoxy groups -OCH3 is 2. The number of ether oxygens (including phenoxy) is 3. The lowest BCUT2D eigenvalue weighted by atomic mass is 10.0. The highest BCUT2D eigenvalue weighted by Gasteiger charge is 2.32. The minimum Gasteiger partial charge on any atom is -0.493 e. The van der Waals surface area contributed by atoms with E-state index in [-0.39, 0.29) is 30.5 Å². The first kappa shape index (κ1) is 19.8. The number of hydrogen-bond acceptors (Lipinski definition) is 5. The van der Waals surface area contributed by atoms with Crippen LogP contribution in [-0.4, -0.2) is 63.4 Å². The standard InChI is InChI=1S/C18H26N2O4.ClH/c1-12-17(19-6-9-24-12)18(21)20-7-4-13-10-15(22-2)16(23-3)11-14(13)5-8-20;/h10-12,17,19H,4-9H2,1-3H3;1H/t12-,17+;/m1./s1. The van der Waals surface area contributed by atoms with Gasteiger partial charge in [0.15, 0.2) is 11.5 Å². The smallest absolute Gasteiger partial charge is 0.242 e. The number of nitrogens with zero attached hydrogens (tertiary/aromatic N) is 1. The molecule has 0 bridgehead atoms. The van der Waals surface area contributed by atoms with E-state index in [1.807, 2.05) is 24.0 Å². The number of carbonyl (C=O) groups is 1. The number of benzene rings is 1. The van der Waals surface area contributed by atoms with Gasteiger partial charge in [-0.15, -0.1) is 12.4 Å². The molecule has 25 heavy (non-hydrogen) atoms. The minimum atomic E-state index is -0.246. The lowest BCUT2D eigenvalue weighted by Gasteiger charge is -2.33. The molecule has 0 aromatic heterocycles. The predicted molar refractivity (Wildman–Crippen MR) is 98.0 cm³/mol. The second kappa shape index (κ2) is 8.74. The Hall–Kier alpha value is -1.50. The molecule has 1 amide bonds. The Kier molecular flexibility index (Phi) is 6.93. The summed E-state index contributed by atoms with van der Waals surface area (Å²) >= 11 is 0. The Labute approximate surface area is 155 Å². The fourth-order valence-electron chi connectivity index (χ4n) is 3.48. The maximum absolute atomic E-state index is 12.8. The van der Waals surface area contributed by atoms with Crippen molar-refractivity contribution in [2.24, 2.45) is 0 Å². The monoisotopic (exact) mass is 370 g/mol. The van der Waals surface area contributed by atoms with Gasteiger partial charge in [-0.1, -0.05) is 0 Å². The largest absolute Gasteiger partial charge is 0.493 e. The number of morpholine rings is 1. The molecule has 7 heteroatoms. The number of carbonyl (C=O) groups excluding carboxylic acids is 1. The summed E-state index contributed by atoms with van der Waals surface area (Å²) in [6.07, 6.45) is 1.56. The highest BCUT2D eigenvalue weighted by atomic mass is 35.5. The molecular weight excluding hydrogens is 344 g/mol. The van der Waals surface area contributed by atoms with Crippen molar-refractivity contribution < 1.29 is 19.0 Å². The number of fused-ring (bicyclic) bond motifs is 1. The van der Waals surface area contributed by atoms with Crippen LogP contribution in [0.1, 0.15) is 18.1 Å². The van der Waals surface area contributed by atoms with Crippen LogP contribution in [0.4, 0.5) is 0 Å². The van der Waals surface area contributed by atoms with Gasteiger partial charge < -0.3 is 24.4 Å². The van der Waals surface area contributed by atoms with Crippen molar-refractivity contribution in [3.63, 3.8) is 0 Å². The van der Waals surface area contributed by atoms with Crippen molar-refractivity contribution in [2.75, 3.05) is 40.5 Å². The molecule has 0 radical (unpaired) electrons. The first-order valence-electron chi connectivity index (χ1n) is 8.51. The topological polar surface area (TPSA) is 60.0 Å². The van der Waals surface area contributed by atoms with Crippen LogP contribution >= 0.6 is 12.4 Å². The molecule has 140 valence electrons. The first-order chi connectivity index (χ1) is 11.6. The second-order valence-electron chi connectivity index (χ2n) is 6.31. The average molecular weight is 371 g/mol. The molecule has 2 aliphatic heterocycles. The molecule has 0 aliphatic carbocycles. The van der Waals surface area contributed by atoms with Crippen LogP contribution in [0, 0.1) is 0 Å². The van der Waals surface area contributed by atoms with Crippen LogP contribution in [-0.2, 0) is 22.4 Å². The zero-order valence-electron chi connectivity index (χ0n) is 15.0. The third-order valence-corrected chi connectivity index (χ3v) is 4.90. The SMILES string of the molecule is COc1cc2c(cc1OC)CCN(C(=O)[C@H]1NCCO[C@@H]1C)CC2.Cl. The second-order valence-corrected chi connectivity index (χ2v) is 6.31. The van der Waals surface area contributed by atoms with Crippen molar-refractivity contribution in [1.82, 2.24) is 10.2 Å². The zero-order chi connectivity index (χ0) is 17.1. The molecule has 2 aliphatic rings. The van der Waals surface area contributed by atoms with E-state index in [1.165, 1.54) is 11.1 Å². The molecule has 1 fully saturated rings. The van der Waals surface area contributed by atoms with E-state index in [0.717, 1.165) is 30.9 Å². The van der Waals surface area contributed by atoms with Crippen molar-refractivity contribution in [3.8, 4) is 11.5 Å². The highest BCUT2D eigenvalue weighted by Crippen LogP contribution is 2.32. The summed E-state index contributed by atoms with van der Waals surface area (Å²) < 4.78 is 16.4. The highest BCUT2D eigenvalue weighted by molar-refractivity contribution is 5.85. The van der Waals surface area contributed by atoms with Gasteiger partial charge in [-0.25, -0.2) is 0 Å². The van der Waals surface area contributed by atoms with Gasteiger partial charge in [-0.2, -0.15) is 0 Å². The molecule has 3 rings (SSSR count). The lowest BCUT2D eigenvalue weighted by molar-refractivity contribution is -0.139. The molecule has 1 aromatic rings. The zero-order valence-corrected chi connectivity index (χ0v) is 15.9. The Balaban J connectivity index is 0.00000225. The molecule has 2 heterocycles. The van der Waals surface area contributed by atoms with Crippen molar-refractivity contribution in [2.45, 2.75) is 31.9 Å². The van der Waals surface area contributed by atoms with Gasteiger partial charge in [-0.05, 0) is 43.0 Å². The quantitative estimate of drug-likeness (QED) is 0.872. The normalized spacial score (nSPS) is 23.1. The maximum Gasteiger partial charge on any atom is 0.242 e. The van der Waals surface area contributed by atoms with E-state index in [1.54, 1.807) is 14.2 Å². The third-order valence-electron chi connectivity index (χ3n) is 4.90. The van der Waals surface area contributed by atoms with E-state index in [9.17, 15) is 4.79 Å². The van der Waals surface area contributed by atoms with Crippen molar-refractivity contribution >= 4 is 18.3 Å². The fourth-order valence-corrected chi connectivity index (χ4v) is 3.48. The Morgan fingerprint density at radius 1 is 1.16 bits per heavy atom. The van der Waals surface area contributed by atoms with Crippen LogP contribution in [0.15, 0.2) is 12.1 Å². The number of amides is 1. The van der Waals surface area contributed by atoms with Gasteiger partial charge in [0, 0.05) is 19.6 Å². The molecule has 0 spiro atoms. The summed E-state index contributed by atoms with van der Waals surface area (Å²) in [5, 5.41) is 3.29. The fraction of sp³-hybridized carbons (Fsp3) is 0.611. The van der Waals surface area contributed by atoms with Crippen LogP contribution in [0.25, 0.3) is 0 Å². The Morgan fingerprint density at radius 2 is 1.72 bits per heavy atom. The minimum absolute atomic E-state index is 0. The molecular formula is C18H27ClN2O4. The van der Waals surface area contributed by atoms with Gasteiger partial charge >= 0.3 is 0 Å². The Bertz CT molecular complexity index is 576. The van der Waals surface area contributed by atoms with Crippen LogP contribution < -0.4 is 14.8 Å². The van der Waals surface area contributed by atoms with Gasteiger partial charge in [0.2, 0.25) is 5.91 Å². The van der Waals surface area contributed by atoms with E-state index >= 15 is 0 Å². The molecule has 2 atom stereocenters. The van der Waals surface area contributed by atoms with Crippen molar-refractivity contribution in [3.05, 3.63) is 23.3 Å². The molecule has 0 saturated carbocycles. The van der Waals surface area contributed by atoms with Gasteiger partial charge in [0.25, 0.3) is 0 Å². The van der Waals surface area contributed by atoms with Crippen LogP contribution in [0.3, 0.4) is 0 Å². The van der Waals surface area contributed by atoms with E-state index in [4.69, 9.17) is 14.2 Å². The van der Waals surface area contributed by atoms with Crippen LogP contribution in [0.2, 0.25) is 0 Å². The number of nitrogens with one attached hydrogen (secondary N) is 1. The Morgan fingerprint density at radius 3 is 2.20 bits per heavy atom. The van der Waals surface area contributed by atoms with E-state index in [0.29, 0.717) is 19.7 Å². The van der Waals surface area contributed by atoms with E-state index < -0.39 is 0 Å². The molecule has 6 nitrogen and oxygen atoms in total. The van der Waals surface area contributed by atoms with Gasteiger partial charge in [0.1, 0.15) is 6.04 Å². The van der Waals surface area contributed by atoms with Crippen LogP contribution in [0.5, 0.6) is 11.5 Å². The summed E-state index contributed by atoms with van der Waals surface area (Å²) in [7, 11) is 3.29. The van der Waals surface area contributed by atoms with Gasteiger partial charge in [-0.3, -0.25) is 4.79 Å². The summed E-state index contributed by atoms with van der Waals surface area (Å²) in [6.45, 7) is 4.77. The lowest BCUT2D eigenvalue weighted by Crippen LogP contribution is -2.56. The first-order valence-corrected chi connectivity index (χ1v) is 8.51. The number of rotatable bonds is 3. The molecule has 0 unspecified atom stereocenters. The number of hydrogen-bond donors (Lipinski definition) is 1. The molecule has 1 N–H and O–H groups in total.